The van der Waals surface area contributed by atoms with E-state index in [9.17, 15) is 13.2 Å². The second-order valence-electron chi connectivity index (χ2n) is 8.37. The van der Waals surface area contributed by atoms with Gasteiger partial charge in [0.2, 0.25) is 9.84 Å². The molecule has 1 aromatic heterocycles. The molecule has 1 aromatic carbocycles. The zero-order valence-corrected chi connectivity index (χ0v) is 19.1. The molecule has 7 nitrogen and oxygen atoms in total. The highest BCUT2D eigenvalue weighted by Gasteiger charge is 2.35. The van der Waals surface area contributed by atoms with Crippen LogP contribution in [0.5, 0.6) is 5.75 Å². The Balaban J connectivity index is 1.83. The second kappa shape index (κ2) is 8.67. The van der Waals surface area contributed by atoms with Crippen LogP contribution in [0.15, 0.2) is 34.1 Å². The smallest absolute Gasteiger partial charge is 0.254 e. The lowest BCUT2D eigenvalue weighted by atomic mass is 10.2. The summed E-state index contributed by atoms with van der Waals surface area (Å²) in [6.45, 7) is 4.30. The Kier molecular flexibility index (Phi) is 6.12. The Morgan fingerprint density at radius 2 is 1.77 bits per heavy atom. The molecule has 2 aromatic rings. The van der Waals surface area contributed by atoms with Gasteiger partial charge in [-0.05, 0) is 69.4 Å². The SMILES string of the molecule is COc1ccc(S(=O)(=O)c2c(C)c(C)n(C3CCCC3)c2NC(=O)[C@@H]2CCCO2)cc1. The van der Waals surface area contributed by atoms with E-state index < -0.39 is 15.9 Å². The predicted octanol–water partition coefficient (Wildman–Crippen LogP) is 4.18. The van der Waals surface area contributed by atoms with Crippen LogP contribution in [0.4, 0.5) is 5.82 Å². The predicted molar refractivity (Wildman–Crippen MR) is 117 cm³/mol. The highest BCUT2D eigenvalue weighted by Crippen LogP contribution is 2.42. The second-order valence-corrected chi connectivity index (χ2v) is 10.3. The van der Waals surface area contributed by atoms with E-state index in [0.717, 1.165) is 37.8 Å². The fourth-order valence-corrected chi connectivity index (χ4v) is 6.40. The summed E-state index contributed by atoms with van der Waals surface area (Å²) in [4.78, 5) is 13.3. The highest BCUT2D eigenvalue weighted by molar-refractivity contribution is 7.91. The van der Waals surface area contributed by atoms with Crippen molar-refractivity contribution in [3.8, 4) is 5.75 Å². The van der Waals surface area contributed by atoms with Gasteiger partial charge in [0.05, 0.1) is 12.0 Å². The summed E-state index contributed by atoms with van der Waals surface area (Å²) in [6, 6.07) is 6.53. The Labute approximate surface area is 183 Å². The van der Waals surface area contributed by atoms with Crippen molar-refractivity contribution in [1.82, 2.24) is 4.57 Å². The van der Waals surface area contributed by atoms with Gasteiger partial charge >= 0.3 is 0 Å². The minimum absolute atomic E-state index is 0.174. The topological polar surface area (TPSA) is 86.6 Å². The van der Waals surface area contributed by atoms with Gasteiger partial charge in [-0.25, -0.2) is 8.42 Å². The molecule has 1 amide bonds. The molecule has 0 bridgehead atoms. The Morgan fingerprint density at radius 1 is 1.10 bits per heavy atom. The third kappa shape index (κ3) is 3.99. The van der Waals surface area contributed by atoms with Crippen LogP contribution >= 0.6 is 0 Å². The number of sulfone groups is 1. The molecule has 31 heavy (non-hydrogen) atoms. The first kappa shape index (κ1) is 21.9. The number of hydrogen-bond acceptors (Lipinski definition) is 5. The molecule has 2 aliphatic rings. The van der Waals surface area contributed by atoms with Crippen LogP contribution in [0.3, 0.4) is 0 Å². The molecule has 0 unspecified atom stereocenters. The number of anilines is 1. The monoisotopic (exact) mass is 446 g/mol. The van der Waals surface area contributed by atoms with Gasteiger partial charge in [-0.2, -0.15) is 0 Å². The Hall–Kier alpha value is -2.32. The Morgan fingerprint density at radius 3 is 2.35 bits per heavy atom. The third-order valence-corrected chi connectivity index (χ3v) is 8.42. The highest BCUT2D eigenvalue weighted by atomic mass is 32.2. The van der Waals surface area contributed by atoms with Crippen LogP contribution < -0.4 is 10.1 Å². The van der Waals surface area contributed by atoms with Crippen LogP contribution in [0, 0.1) is 13.8 Å². The molecule has 0 radical (unpaired) electrons. The standard InChI is InChI=1S/C23H30N2O5S/c1-15-16(2)25(17-7-4-5-8-17)22(24-23(26)20-9-6-14-30-20)21(15)31(27,28)19-12-10-18(29-3)11-13-19/h10-13,17,20H,4-9,14H2,1-3H3,(H,24,26)/t20-/m0/s1. The fourth-order valence-electron chi connectivity index (χ4n) is 4.72. The van der Waals surface area contributed by atoms with Crippen LogP contribution in [0.2, 0.25) is 0 Å². The van der Waals surface area contributed by atoms with E-state index in [0.29, 0.717) is 30.2 Å². The van der Waals surface area contributed by atoms with Crippen LogP contribution in [-0.2, 0) is 19.4 Å². The Bertz CT molecular complexity index is 1060. The summed E-state index contributed by atoms with van der Waals surface area (Å²) >= 11 is 0. The van der Waals surface area contributed by atoms with Gasteiger partial charge in [0.1, 0.15) is 22.6 Å². The zero-order chi connectivity index (χ0) is 22.2. The largest absolute Gasteiger partial charge is 0.497 e. The number of carbonyl (C=O) groups excluding carboxylic acids is 1. The fraction of sp³-hybridized carbons (Fsp3) is 0.522. The minimum atomic E-state index is -3.86. The number of ether oxygens (including phenoxy) is 2. The van der Waals surface area contributed by atoms with Gasteiger partial charge in [-0.3, -0.25) is 4.79 Å². The molecular weight excluding hydrogens is 416 g/mol. The van der Waals surface area contributed by atoms with E-state index in [1.165, 1.54) is 7.11 Å². The van der Waals surface area contributed by atoms with Crippen molar-refractivity contribution in [2.75, 3.05) is 19.0 Å². The minimum Gasteiger partial charge on any atom is -0.497 e. The first-order valence-corrected chi connectivity index (χ1v) is 12.4. The van der Waals surface area contributed by atoms with Gasteiger partial charge < -0.3 is 19.4 Å². The van der Waals surface area contributed by atoms with Gasteiger partial charge in [0, 0.05) is 18.3 Å². The van der Waals surface area contributed by atoms with Gasteiger partial charge in [0.15, 0.2) is 0 Å². The molecule has 8 heteroatoms. The number of nitrogens with zero attached hydrogens (tertiary/aromatic N) is 1. The number of benzene rings is 1. The zero-order valence-electron chi connectivity index (χ0n) is 18.3. The average molecular weight is 447 g/mol. The van der Waals surface area contributed by atoms with E-state index in [4.69, 9.17) is 9.47 Å². The molecule has 168 valence electrons. The maximum atomic E-state index is 13.7. The van der Waals surface area contributed by atoms with Crippen molar-refractivity contribution in [3.05, 3.63) is 35.5 Å². The number of nitrogens with one attached hydrogen (secondary N) is 1. The maximum absolute atomic E-state index is 13.7. The molecule has 1 saturated heterocycles. The molecule has 2 heterocycles. The van der Waals surface area contributed by atoms with E-state index >= 15 is 0 Å². The molecular formula is C23H30N2O5S. The van der Waals surface area contributed by atoms with Gasteiger partial charge in [0.25, 0.3) is 5.91 Å². The van der Waals surface area contributed by atoms with Crippen LogP contribution in [-0.4, -0.2) is 38.7 Å². The van der Waals surface area contributed by atoms with E-state index in [2.05, 4.69) is 5.32 Å². The van der Waals surface area contributed by atoms with Crippen molar-refractivity contribution in [1.29, 1.82) is 0 Å². The number of amides is 1. The number of aromatic nitrogens is 1. The number of methoxy groups -OCH3 is 1. The van der Waals surface area contributed by atoms with E-state index in [1.807, 2.05) is 18.4 Å². The summed E-state index contributed by atoms with van der Waals surface area (Å²) in [7, 11) is -2.32. The van der Waals surface area contributed by atoms with Crippen LogP contribution in [0.25, 0.3) is 0 Å². The lowest BCUT2D eigenvalue weighted by Crippen LogP contribution is -2.29. The van der Waals surface area contributed by atoms with Gasteiger partial charge in [-0.1, -0.05) is 12.8 Å². The number of carbonyl (C=O) groups is 1. The van der Waals surface area contributed by atoms with Crippen molar-refractivity contribution in [2.45, 2.75) is 74.3 Å². The van der Waals surface area contributed by atoms with Gasteiger partial charge in [-0.15, -0.1) is 0 Å². The van der Waals surface area contributed by atoms with Crippen molar-refractivity contribution < 1.29 is 22.7 Å². The van der Waals surface area contributed by atoms with E-state index in [1.54, 1.807) is 24.3 Å². The van der Waals surface area contributed by atoms with Crippen molar-refractivity contribution >= 4 is 21.6 Å². The molecule has 1 saturated carbocycles. The average Bonchev–Trinajstić information content (AvgIpc) is 3.51. The van der Waals surface area contributed by atoms with Crippen LogP contribution in [0.1, 0.15) is 55.8 Å². The summed E-state index contributed by atoms with van der Waals surface area (Å²) in [6.07, 6.45) is 5.08. The van der Waals surface area contributed by atoms with Crippen molar-refractivity contribution in [2.24, 2.45) is 0 Å². The molecule has 2 fully saturated rings. The summed E-state index contributed by atoms with van der Waals surface area (Å²) in [5, 5.41) is 2.95. The van der Waals surface area contributed by atoms with Crippen molar-refractivity contribution in [3.63, 3.8) is 0 Å². The first-order chi connectivity index (χ1) is 14.8. The molecule has 0 spiro atoms. The van der Waals surface area contributed by atoms with E-state index in [-0.39, 0.29) is 21.7 Å². The first-order valence-electron chi connectivity index (χ1n) is 10.9. The number of rotatable bonds is 6. The number of hydrogen-bond donors (Lipinski definition) is 1. The molecule has 1 N–H and O–H groups in total. The third-order valence-electron chi connectivity index (χ3n) is 6.49. The normalized spacial score (nSPS) is 19.6. The molecule has 1 aliphatic heterocycles. The summed E-state index contributed by atoms with van der Waals surface area (Å²) in [5.41, 5.74) is 1.55. The molecule has 4 rings (SSSR count). The maximum Gasteiger partial charge on any atom is 0.254 e. The quantitative estimate of drug-likeness (QED) is 0.719. The molecule has 1 atom stereocenters. The summed E-state index contributed by atoms with van der Waals surface area (Å²) < 4.78 is 40.2. The lowest BCUT2D eigenvalue weighted by Gasteiger charge is -2.21. The lowest BCUT2D eigenvalue weighted by molar-refractivity contribution is -0.124. The summed E-state index contributed by atoms with van der Waals surface area (Å²) in [5.74, 6) is 0.681. The molecule has 1 aliphatic carbocycles.